The molecule has 0 saturated carbocycles. The Morgan fingerprint density at radius 3 is 2.71 bits per heavy atom. The molecular weight excluding hydrogens is 398 g/mol. The first-order chi connectivity index (χ1) is 10.3. The first kappa shape index (κ1) is 14.9. The van der Waals surface area contributed by atoms with Crippen molar-refractivity contribution in [3.05, 3.63) is 57.6 Å². The van der Waals surface area contributed by atoms with Crippen molar-refractivity contribution in [1.29, 1.82) is 0 Å². The molecule has 1 aliphatic heterocycles. The van der Waals surface area contributed by atoms with E-state index in [-0.39, 0.29) is 0 Å². The molecule has 110 valence electrons. The van der Waals surface area contributed by atoms with Crippen LogP contribution in [0, 0.1) is 0 Å². The van der Waals surface area contributed by atoms with E-state index in [1.807, 2.05) is 24.3 Å². The molecule has 21 heavy (non-hydrogen) atoms. The zero-order valence-electron chi connectivity index (χ0n) is 11.4. The molecule has 5 heteroatoms. The summed E-state index contributed by atoms with van der Waals surface area (Å²) in [5.41, 5.74) is 3.60. The van der Waals surface area contributed by atoms with Gasteiger partial charge in [-0.3, -0.25) is 0 Å². The lowest BCUT2D eigenvalue weighted by molar-refractivity contribution is 0.293. The molecule has 0 bridgehead atoms. The first-order valence-electron chi connectivity index (χ1n) is 6.80. The zero-order valence-corrected chi connectivity index (χ0v) is 14.5. The highest BCUT2D eigenvalue weighted by molar-refractivity contribution is 9.10. The van der Waals surface area contributed by atoms with Gasteiger partial charge in [-0.1, -0.05) is 46.3 Å². The molecule has 0 unspecified atom stereocenters. The summed E-state index contributed by atoms with van der Waals surface area (Å²) in [6.45, 7) is 2.30. The van der Waals surface area contributed by atoms with Gasteiger partial charge in [0.25, 0.3) is 0 Å². The predicted molar refractivity (Wildman–Crippen MR) is 89.9 cm³/mol. The topological polar surface area (TPSA) is 30.5 Å². The third-order valence-corrected chi connectivity index (χ3v) is 4.63. The van der Waals surface area contributed by atoms with Crippen LogP contribution in [0.4, 0.5) is 0 Å². The minimum Gasteiger partial charge on any atom is -0.485 e. The number of hydrogen-bond acceptors (Lipinski definition) is 3. The molecule has 3 rings (SSSR count). The van der Waals surface area contributed by atoms with Crippen LogP contribution in [0.15, 0.2) is 40.9 Å². The van der Waals surface area contributed by atoms with Crippen LogP contribution in [0.25, 0.3) is 0 Å². The maximum Gasteiger partial charge on any atom is 0.179 e. The van der Waals surface area contributed by atoms with Gasteiger partial charge < -0.3 is 13.9 Å². The van der Waals surface area contributed by atoms with Crippen molar-refractivity contribution < 1.29 is 8.57 Å². The molecule has 0 saturated heterocycles. The second kappa shape index (κ2) is 6.81. The van der Waals surface area contributed by atoms with Crippen LogP contribution < -0.4 is 13.9 Å². The second-order valence-electron chi connectivity index (χ2n) is 4.92. The van der Waals surface area contributed by atoms with Crippen molar-refractivity contribution in [2.24, 2.45) is 0 Å². The molecule has 3 nitrogen and oxygen atoms in total. The monoisotopic (exact) mass is 411 g/mol. The molecule has 2 aromatic carbocycles. The van der Waals surface area contributed by atoms with E-state index >= 15 is 0 Å². The highest BCUT2D eigenvalue weighted by Gasteiger charge is 2.21. The normalized spacial score (nSPS) is 13.6. The molecule has 1 heterocycles. The summed E-state index contributed by atoms with van der Waals surface area (Å²) in [7, 11) is 0. The number of nitrogens with one attached hydrogen (secondary N) is 1. The highest BCUT2D eigenvalue weighted by Crippen LogP contribution is 2.41. The summed E-state index contributed by atoms with van der Waals surface area (Å²) >= 11 is 6.70. The molecule has 0 spiro atoms. The number of hydrogen-bond donors (Lipinski definition) is 1. The van der Waals surface area contributed by atoms with Crippen LogP contribution >= 0.6 is 32.2 Å². The van der Waals surface area contributed by atoms with Crippen LogP contribution in [0.5, 0.6) is 11.5 Å². The van der Waals surface area contributed by atoms with Gasteiger partial charge >= 0.3 is 0 Å². The lowest BCUT2D eigenvalue weighted by Gasteiger charge is -2.23. The van der Waals surface area contributed by atoms with Crippen molar-refractivity contribution >= 4 is 32.2 Å². The van der Waals surface area contributed by atoms with E-state index in [1.165, 1.54) is 11.1 Å². The van der Waals surface area contributed by atoms with E-state index in [4.69, 9.17) is 8.57 Å². The predicted octanol–water partition coefficient (Wildman–Crippen LogP) is 4.36. The van der Waals surface area contributed by atoms with E-state index < -0.39 is 0 Å². The van der Waals surface area contributed by atoms with Gasteiger partial charge in [0.15, 0.2) is 27.8 Å². The zero-order chi connectivity index (χ0) is 14.7. The number of benzene rings is 2. The molecule has 1 N–H and O–H groups in total. The summed E-state index contributed by atoms with van der Waals surface area (Å²) < 4.78 is 12.4. The Hall–Kier alpha value is -1.04. The molecule has 0 radical (unpaired) electrons. The van der Waals surface area contributed by atoms with E-state index in [0.29, 0.717) is 12.4 Å². The van der Waals surface area contributed by atoms with E-state index in [9.17, 15) is 0 Å². The maximum atomic E-state index is 6.05. The Bertz CT molecular complexity index is 632. The summed E-state index contributed by atoms with van der Waals surface area (Å²) in [5.74, 6) is 1.50. The molecule has 0 aromatic heterocycles. The number of halogens is 2. The van der Waals surface area contributed by atoms with Gasteiger partial charge in [-0.25, -0.2) is 0 Å². The summed E-state index contributed by atoms with van der Waals surface area (Å²) in [4.78, 5) is 0. The number of rotatable bonds is 4. The Labute approximate surface area is 141 Å². The van der Waals surface area contributed by atoms with Gasteiger partial charge in [-0.2, -0.15) is 0 Å². The van der Waals surface area contributed by atoms with Crippen molar-refractivity contribution in [2.45, 2.75) is 19.6 Å². The van der Waals surface area contributed by atoms with Crippen LogP contribution in [0.3, 0.4) is 0 Å². The third-order valence-electron chi connectivity index (χ3n) is 3.57. The van der Waals surface area contributed by atoms with Crippen LogP contribution in [-0.2, 0) is 19.6 Å². The lowest BCUT2D eigenvalue weighted by atomic mass is 9.99. The molecule has 1 aliphatic rings. The number of ether oxygens (including phenoxy) is 1. The Kier molecular flexibility index (Phi) is 4.83. The fraction of sp³-hybridized carbons (Fsp3) is 0.250. The van der Waals surface area contributed by atoms with Gasteiger partial charge in [0.05, 0.1) is 0 Å². The molecule has 2 aromatic rings. The highest BCUT2D eigenvalue weighted by atomic mass is 79.9. The fourth-order valence-corrected chi connectivity index (χ4v) is 3.41. The SMILES string of the molecule is BrOc1cc(Br)c2c(c1OCc1ccccc1)CNCC2. The second-order valence-corrected chi connectivity index (χ2v) is 6.10. The molecule has 0 aliphatic carbocycles. The van der Waals surface area contributed by atoms with Crippen molar-refractivity contribution in [2.75, 3.05) is 6.54 Å². The quantitative estimate of drug-likeness (QED) is 0.808. The van der Waals surface area contributed by atoms with E-state index in [1.54, 1.807) is 0 Å². The molecule has 0 amide bonds. The average molecular weight is 413 g/mol. The van der Waals surface area contributed by atoms with Crippen molar-refractivity contribution in [3.8, 4) is 11.5 Å². The van der Waals surface area contributed by atoms with E-state index in [0.717, 1.165) is 35.3 Å². The Balaban J connectivity index is 1.92. The van der Waals surface area contributed by atoms with Gasteiger partial charge in [0.1, 0.15) is 6.61 Å². The molecular formula is C16H15Br2NO2. The largest absolute Gasteiger partial charge is 0.485 e. The first-order valence-corrected chi connectivity index (χ1v) is 8.24. The average Bonchev–Trinajstić information content (AvgIpc) is 2.55. The summed E-state index contributed by atoms with van der Waals surface area (Å²) in [6, 6.07) is 12.1. The third kappa shape index (κ3) is 3.25. The van der Waals surface area contributed by atoms with Gasteiger partial charge in [0, 0.05) is 16.6 Å². The van der Waals surface area contributed by atoms with Crippen LogP contribution in [0.2, 0.25) is 0 Å². The van der Waals surface area contributed by atoms with Crippen molar-refractivity contribution in [1.82, 2.24) is 5.32 Å². The van der Waals surface area contributed by atoms with Crippen LogP contribution in [-0.4, -0.2) is 6.54 Å². The lowest BCUT2D eigenvalue weighted by Crippen LogP contribution is -2.24. The van der Waals surface area contributed by atoms with Gasteiger partial charge in [0.2, 0.25) is 0 Å². The summed E-state index contributed by atoms with van der Waals surface area (Å²) in [6.07, 6.45) is 0.986. The Morgan fingerprint density at radius 1 is 1.14 bits per heavy atom. The van der Waals surface area contributed by atoms with Gasteiger partial charge in [-0.05, 0) is 30.2 Å². The minimum absolute atomic E-state index is 0.526. The van der Waals surface area contributed by atoms with E-state index in [2.05, 4.69) is 49.6 Å². The number of fused-ring (bicyclic) bond motifs is 1. The maximum absolute atomic E-state index is 6.05. The van der Waals surface area contributed by atoms with Crippen molar-refractivity contribution in [3.63, 3.8) is 0 Å². The van der Waals surface area contributed by atoms with Gasteiger partial charge in [-0.15, -0.1) is 0 Å². The Morgan fingerprint density at radius 2 is 1.95 bits per heavy atom. The van der Waals surface area contributed by atoms with Crippen LogP contribution in [0.1, 0.15) is 16.7 Å². The fourth-order valence-electron chi connectivity index (χ4n) is 2.53. The summed E-state index contributed by atoms with van der Waals surface area (Å²) in [5, 5.41) is 3.39. The molecule has 0 atom stereocenters. The minimum atomic E-state index is 0.526. The standard InChI is InChI=1S/C16H15Br2NO2/c17-14-8-15(21-18)16(13-9-19-7-6-12(13)14)20-10-11-4-2-1-3-5-11/h1-5,8,19H,6-7,9-10H2. The molecule has 0 fully saturated rings. The smallest absolute Gasteiger partial charge is 0.179 e.